The summed E-state index contributed by atoms with van der Waals surface area (Å²) in [4.78, 5) is 45.7. The fraction of sp³-hybridized carbons (Fsp3) is 0.421. The number of carbonyl (C=O) groups is 2. The number of benzene rings is 1. The predicted molar refractivity (Wildman–Crippen MR) is 99.3 cm³/mol. The third-order valence-electron chi connectivity index (χ3n) is 4.52. The quantitative estimate of drug-likeness (QED) is 0.657. The molecule has 3 rings (SSSR count). The summed E-state index contributed by atoms with van der Waals surface area (Å²) in [5.41, 5.74) is 1.12. The van der Waals surface area contributed by atoms with Gasteiger partial charge in [-0.15, -0.1) is 0 Å². The second-order valence-electron chi connectivity index (χ2n) is 6.42. The summed E-state index contributed by atoms with van der Waals surface area (Å²) in [5.74, 6) is -0.300. The maximum Gasteiger partial charge on any atom is 0.262 e. The molecule has 2 amide bonds. The summed E-state index contributed by atoms with van der Waals surface area (Å²) in [5, 5.41) is 2.79. The van der Waals surface area contributed by atoms with Gasteiger partial charge in [-0.1, -0.05) is 25.5 Å². The zero-order chi connectivity index (χ0) is 18.7. The largest absolute Gasteiger partial charge is 0.295 e. The van der Waals surface area contributed by atoms with E-state index >= 15 is 0 Å². The van der Waals surface area contributed by atoms with Crippen LogP contribution in [0.5, 0.6) is 0 Å². The zero-order valence-corrected chi connectivity index (χ0v) is 15.0. The monoisotopic (exact) mass is 354 g/mol. The highest BCUT2D eigenvalue weighted by molar-refractivity contribution is 5.99. The molecule has 2 aromatic rings. The molecule has 1 aromatic carbocycles. The average molecular weight is 354 g/mol. The van der Waals surface area contributed by atoms with Crippen LogP contribution in [0.25, 0.3) is 10.9 Å². The number of fused-ring (bicyclic) bond motifs is 1. The molecule has 0 aliphatic carbocycles. The van der Waals surface area contributed by atoms with Crippen LogP contribution in [0, 0.1) is 6.92 Å². The fourth-order valence-electron chi connectivity index (χ4n) is 3.23. The first-order chi connectivity index (χ1) is 12.5. The fourth-order valence-corrected chi connectivity index (χ4v) is 3.23. The van der Waals surface area contributed by atoms with Gasteiger partial charge in [0.15, 0.2) is 0 Å². The predicted octanol–water partition coefficient (Wildman–Crippen LogP) is 2.05. The molecule has 0 spiro atoms. The highest BCUT2D eigenvalue weighted by Crippen LogP contribution is 2.21. The normalized spacial score (nSPS) is 17.8. The van der Waals surface area contributed by atoms with Crippen LogP contribution < -0.4 is 10.9 Å². The molecule has 136 valence electrons. The summed E-state index contributed by atoms with van der Waals surface area (Å²) < 4.78 is 1.41. The summed E-state index contributed by atoms with van der Waals surface area (Å²) in [6.07, 6.45) is 4.28. The molecule has 1 fully saturated rings. The van der Waals surface area contributed by atoms with Crippen LogP contribution in [0.2, 0.25) is 0 Å². The van der Waals surface area contributed by atoms with E-state index in [0.29, 0.717) is 29.7 Å². The molecule has 0 saturated carbocycles. The van der Waals surface area contributed by atoms with Gasteiger partial charge in [-0.05, 0) is 37.6 Å². The van der Waals surface area contributed by atoms with Crippen molar-refractivity contribution in [3.63, 3.8) is 0 Å². The number of aryl methyl sites for hydroxylation is 1. The molecule has 7 heteroatoms. The number of aromatic nitrogens is 2. The molecule has 1 aliphatic rings. The lowest BCUT2D eigenvalue weighted by atomic mass is 10.0. The second-order valence-corrected chi connectivity index (χ2v) is 6.42. The number of hydrogen-bond acceptors (Lipinski definition) is 5. The molecule has 1 unspecified atom stereocenters. The molecule has 2 heterocycles. The van der Waals surface area contributed by atoms with Crippen molar-refractivity contribution in [3.05, 3.63) is 39.9 Å². The third kappa shape index (κ3) is 3.42. The Bertz CT molecular complexity index is 946. The highest BCUT2D eigenvalue weighted by atomic mass is 16.2. The molecule has 1 atom stereocenters. The van der Waals surface area contributed by atoms with Crippen molar-refractivity contribution in [1.82, 2.24) is 14.9 Å². The van der Waals surface area contributed by atoms with Crippen molar-refractivity contribution in [2.24, 2.45) is 4.99 Å². The molecular weight excluding hydrogens is 332 g/mol. The molecule has 1 N–H and O–H groups in total. The van der Waals surface area contributed by atoms with Crippen molar-refractivity contribution < 1.29 is 9.59 Å². The number of carbonyl (C=O) groups excluding carboxylic acids is 2. The van der Waals surface area contributed by atoms with Crippen molar-refractivity contribution >= 4 is 28.9 Å². The summed E-state index contributed by atoms with van der Waals surface area (Å²) in [6.45, 7) is 4.18. The van der Waals surface area contributed by atoms with Crippen LogP contribution in [0.4, 0.5) is 0 Å². The van der Waals surface area contributed by atoms with E-state index in [1.807, 2.05) is 18.3 Å². The van der Waals surface area contributed by atoms with Gasteiger partial charge in [0.1, 0.15) is 11.9 Å². The Hall–Kier alpha value is -2.83. The van der Waals surface area contributed by atoms with E-state index in [2.05, 4.69) is 22.2 Å². The minimum Gasteiger partial charge on any atom is -0.295 e. The number of hydrogen-bond donors (Lipinski definition) is 1. The van der Waals surface area contributed by atoms with Gasteiger partial charge in [0.05, 0.1) is 17.4 Å². The molecule has 1 saturated heterocycles. The Morgan fingerprint density at radius 2 is 2.15 bits per heavy atom. The van der Waals surface area contributed by atoms with Gasteiger partial charge in [-0.2, -0.15) is 0 Å². The van der Waals surface area contributed by atoms with E-state index in [4.69, 9.17) is 0 Å². The zero-order valence-electron chi connectivity index (χ0n) is 15.0. The van der Waals surface area contributed by atoms with Crippen LogP contribution in [-0.2, 0) is 16.1 Å². The van der Waals surface area contributed by atoms with Crippen LogP contribution in [0.3, 0.4) is 0 Å². The van der Waals surface area contributed by atoms with E-state index in [0.717, 1.165) is 18.4 Å². The third-order valence-corrected chi connectivity index (χ3v) is 4.52. The number of nitrogens with zero attached hydrogens (tertiary/aromatic N) is 3. The number of piperidine rings is 1. The van der Waals surface area contributed by atoms with Crippen LogP contribution in [-0.4, -0.2) is 27.6 Å². The Morgan fingerprint density at radius 3 is 2.88 bits per heavy atom. The number of amides is 2. The summed E-state index contributed by atoms with van der Waals surface area (Å²) >= 11 is 0. The Labute approximate surface area is 151 Å². The molecule has 0 radical (unpaired) electrons. The van der Waals surface area contributed by atoms with Gasteiger partial charge in [-0.25, -0.2) is 4.98 Å². The van der Waals surface area contributed by atoms with Crippen LogP contribution in [0.15, 0.2) is 28.0 Å². The molecule has 1 aromatic heterocycles. The summed E-state index contributed by atoms with van der Waals surface area (Å²) in [7, 11) is 0. The Morgan fingerprint density at radius 1 is 1.35 bits per heavy atom. The first-order valence-corrected chi connectivity index (χ1v) is 8.85. The Kier molecular flexibility index (Phi) is 5.25. The first-order valence-electron chi connectivity index (χ1n) is 8.85. The van der Waals surface area contributed by atoms with Crippen molar-refractivity contribution in [2.75, 3.05) is 0 Å². The maximum absolute atomic E-state index is 13.2. The van der Waals surface area contributed by atoms with Crippen LogP contribution in [0.1, 0.15) is 50.0 Å². The number of rotatable bonds is 5. The van der Waals surface area contributed by atoms with Gasteiger partial charge in [0.2, 0.25) is 11.8 Å². The minimum absolute atomic E-state index is 0.212. The Balaban J connectivity index is 2.09. The van der Waals surface area contributed by atoms with E-state index in [-0.39, 0.29) is 17.9 Å². The molecule has 26 heavy (non-hydrogen) atoms. The van der Waals surface area contributed by atoms with Gasteiger partial charge in [-0.3, -0.25) is 29.3 Å². The van der Waals surface area contributed by atoms with Gasteiger partial charge in [0, 0.05) is 6.42 Å². The van der Waals surface area contributed by atoms with E-state index < -0.39 is 11.9 Å². The number of unbranched alkanes of at least 4 members (excludes halogenated alkanes) is 1. The van der Waals surface area contributed by atoms with Crippen LogP contribution >= 0.6 is 0 Å². The second kappa shape index (κ2) is 7.59. The molecule has 7 nitrogen and oxygen atoms in total. The van der Waals surface area contributed by atoms with Crippen molar-refractivity contribution in [1.29, 1.82) is 0 Å². The van der Waals surface area contributed by atoms with Gasteiger partial charge < -0.3 is 0 Å². The molecule has 0 bridgehead atoms. The SMILES string of the molecule is CCCC=NCc1cccc2nc(C)n(C3CCC(=O)NC3=O)c(=O)c12. The van der Waals surface area contributed by atoms with E-state index in [1.165, 1.54) is 4.57 Å². The highest BCUT2D eigenvalue weighted by Gasteiger charge is 2.30. The number of aliphatic imine (C=N–C) groups is 1. The standard InChI is InChI=1S/C19H22N4O3/c1-3-4-10-20-11-13-6-5-7-14-17(13)19(26)23(12(2)21-14)15-8-9-16(24)22-18(15)25/h5-7,10,15H,3-4,8-9,11H2,1-2H3,(H,22,24,25). The summed E-state index contributed by atoms with van der Waals surface area (Å²) in [6, 6.07) is 4.79. The molecular formula is C19H22N4O3. The maximum atomic E-state index is 13.2. The smallest absolute Gasteiger partial charge is 0.262 e. The molecule has 1 aliphatic heterocycles. The topological polar surface area (TPSA) is 93.4 Å². The number of nitrogens with one attached hydrogen (secondary N) is 1. The lowest BCUT2D eigenvalue weighted by Crippen LogP contribution is -2.45. The van der Waals surface area contributed by atoms with E-state index in [9.17, 15) is 14.4 Å². The van der Waals surface area contributed by atoms with Crippen molar-refractivity contribution in [3.8, 4) is 0 Å². The van der Waals surface area contributed by atoms with E-state index in [1.54, 1.807) is 13.0 Å². The van der Waals surface area contributed by atoms with Gasteiger partial charge in [0.25, 0.3) is 5.56 Å². The first kappa shape index (κ1) is 18.0. The lowest BCUT2D eigenvalue weighted by molar-refractivity contribution is -0.135. The van der Waals surface area contributed by atoms with Crippen molar-refractivity contribution in [2.45, 2.75) is 52.1 Å². The van der Waals surface area contributed by atoms with Gasteiger partial charge >= 0.3 is 0 Å². The number of imide groups is 1. The average Bonchev–Trinajstić information content (AvgIpc) is 2.60. The lowest BCUT2D eigenvalue weighted by Gasteiger charge is -2.24. The minimum atomic E-state index is -0.714.